The van der Waals surface area contributed by atoms with Crippen molar-refractivity contribution < 1.29 is 14.7 Å². The van der Waals surface area contributed by atoms with E-state index in [9.17, 15) is 14.7 Å². The van der Waals surface area contributed by atoms with E-state index in [2.05, 4.69) is 10.3 Å². The molecule has 0 aromatic carbocycles. The summed E-state index contributed by atoms with van der Waals surface area (Å²) in [4.78, 5) is 27.2. The van der Waals surface area contributed by atoms with E-state index in [0.29, 0.717) is 13.0 Å². The molecule has 1 unspecified atom stereocenters. The molecule has 1 rings (SSSR count). The molecule has 0 aliphatic rings. The molecular formula is C15H22N2O3. The Bertz CT molecular complexity index is 459. The topological polar surface area (TPSA) is 79.3 Å². The monoisotopic (exact) mass is 278 g/mol. The van der Waals surface area contributed by atoms with Crippen molar-refractivity contribution in [2.45, 2.75) is 33.6 Å². The minimum Gasteiger partial charge on any atom is -0.481 e. The lowest BCUT2D eigenvalue weighted by Gasteiger charge is -2.28. The Morgan fingerprint density at radius 2 is 2.15 bits per heavy atom. The molecule has 1 atom stereocenters. The zero-order chi connectivity index (χ0) is 15.2. The van der Waals surface area contributed by atoms with E-state index in [1.54, 1.807) is 19.3 Å². The molecule has 0 saturated carbocycles. The van der Waals surface area contributed by atoms with Crippen molar-refractivity contribution >= 4 is 11.9 Å². The highest BCUT2D eigenvalue weighted by molar-refractivity contribution is 5.84. The van der Waals surface area contributed by atoms with Crippen LogP contribution in [0.3, 0.4) is 0 Å². The maximum atomic E-state index is 11.9. The molecule has 0 fully saturated rings. The zero-order valence-electron chi connectivity index (χ0n) is 12.2. The highest BCUT2D eigenvalue weighted by atomic mass is 16.4. The van der Waals surface area contributed by atoms with Crippen LogP contribution in [0.4, 0.5) is 0 Å². The molecule has 0 spiro atoms. The second kappa shape index (κ2) is 7.03. The van der Waals surface area contributed by atoms with Crippen LogP contribution in [-0.2, 0) is 16.0 Å². The summed E-state index contributed by atoms with van der Waals surface area (Å²) >= 11 is 0. The number of carbonyl (C=O) groups is 2. The first-order valence-corrected chi connectivity index (χ1v) is 6.75. The summed E-state index contributed by atoms with van der Waals surface area (Å²) in [7, 11) is 0. The van der Waals surface area contributed by atoms with Crippen LogP contribution in [0.5, 0.6) is 0 Å². The van der Waals surface area contributed by atoms with Gasteiger partial charge in [-0.15, -0.1) is 0 Å². The highest BCUT2D eigenvalue weighted by Crippen LogP contribution is 2.31. The van der Waals surface area contributed by atoms with Crippen LogP contribution in [0.2, 0.25) is 0 Å². The molecule has 0 saturated heterocycles. The van der Waals surface area contributed by atoms with Gasteiger partial charge >= 0.3 is 5.97 Å². The van der Waals surface area contributed by atoms with E-state index >= 15 is 0 Å². The van der Waals surface area contributed by atoms with Gasteiger partial charge in [-0.2, -0.15) is 0 Å². The van der Waals surface area contributed by atoms with Crippen LogP contribution < -0.4 is 5.32 Å². The molecule has 1 aromatic rings. The zero-order valence-corrected chi connectivity index (χ0v) is 12.2. The van der Waals surface area contributed by atoms with Crippen LogP contribution >= 0.6 is 0 Å². The van der Waals surface area contributed by atoms with Crippen molar-refractivity contribution in [3.8, 4) is 0 Å². The maximum absolute atomic E-state index is 11.9. The number of carbonyl (C=O) groups excluding carboxylic acids is 1. The first-order chi connectivity index (χ1) is 9.36. The average Bonchev–Trinajstić information content (AvgIpc) is 2.39. The van der Waals surface area contributed by atoms with Gasteiger partial charge in [0.05, 0.1) is 5.41 Å². The summed E-state index contributed by atoms with van der Waals surface area (Å²) in [6, 6.07) is 3.78. The summed E-state index contributed by atoms with van der Waals surface area (Å²) < 4.78 is 0. The molecule has 0 radical (unpaired) electrons. The molecule has 20 heavy (non-hydrogen) atoms. The van der Waals surface area contributed by atoms with Crippen molar-refractivity contribution in [3.05, 3.63) is 30.1 Å². The summed E-state index contributed by atoms with van der Waals surface area (Å²) in [5.41, 5.74) is 0.0101. The Hall–Kier alpha value is -1.91. The van der Waals surface area contributed by atoms with Crippen LogP contribution in [0.1, 0.15) is 32.8 Å². The Morgan fingerprint density at radius 1 is 1.45 bits per heavy atom. The SMILES string of the molecule is CC(C)C(C)(CC(=O)NCCc1cccnc1)C(=O)O. The van der Waals surface area contributed by atoms with Gasteiger partial charge in [-0.3, -0.25) is 14.6 Å². The fourth-order valence-electron chi connectivity index (χ4n) is 1.81. The third-order valence-corrected chi connectivity index (χ3v) is 3.75. The number of hydrogen-bond donors (Lipinski definition) is 2. The molecule has 110 valence electrons. The lowest BCUT2D eigenvalue weighted by Crippen LogP contribution is -2.39. The molecular weight excluding hydrogens is 256 g/mol. The standard InChI is InChI=1S/C15H22N2O3/c1-11(2)15(3,14(19)20)9-13(18)17-8-6-12-5-4-7-16-10-12/h4-5,7,10-11H,6,8-9H2,1-3H3,(H,17,18)(H,19,20). The Balaban J connectivity index is 2.45. The number of rotatable bonds is 7. The van der Waals surface area contributed by atoms with Crippen molar-refractivity contribution in [2.75, 3.05) is 6.54 Å². The van der Waals surface area contributed by atoms with Crippen LogP contribution in [0.25, 0.3) is 0 Å². The minimum absolute atomic E-state index is 0.00691. The van der Waals surface area contributed by atoms with Crippen molar-refractivity contribution in [1.29, 1.82) is 0 Å². The van der Waals surface area contributed by atoms with Gasteiger partial charge < -0.3 is 10.4 Å². The number of hydrogen-bond acceptors (Lipinski definition) is 3. The predicted octanol–water partition coefficient (Wildman–Crippen LogP) is 1.88. The first kappa shape index (κ1) is 16.1. The first-order valence-electron chi connectivity index (χ1n) is 6.75. The Labute approximate surface area is 119 Å². The third-order valence-electron chi connectivity index (χ3n) is 3.75. The normalized spacial score (nSPS) is 13.8. The van der Waals surface area contributed by atoms with Crippen molar-refractivity contribution in [2.24, 2.45) is 11.3 Å². The van der Waals surface area contributed by atoms with Crippen molar-refractivity contribution in [3.63, 3.8) is 0 Å². The fraction of sp³-hybridized carbons (Fsp3) is 0.533. The number of aromatic nitrogens is 1. The number of nitrogens with zero attached hydrogens (tertiary/aromatic N) is 1. The molecule has 0 aliphatic heterocycles. The van der Waals surface area contributed by atoms with Gasteiger partial charge in [0.15, 0.2) is 0 Å². The van der Waals surface area contributed by atoms with Gasteiger partial charge in [0.25, 0.3) is 0 Å². The lowest BCUT2D eigenvalue weighted by atomic mass is 9.76. The molecule has 5 heteroatoms. The van der Waals surface area contributed by atoms with E-state index in [4.69, 9.17) is 0 Å². The second-order valence-electron chi connectivity index (χ2n) is 5.52. The molecule has 0 aliphatic carbocycles. The van der Waals surface area contributed by atoms with E-state index in [1.807, 2.05) is 26.0 Å². The molecule has 1 heterocycles. The van der Waals surface area contributed by atoms with E-state index < -0.39 is 11.4 Å². The van der Waals surface area contributed by atoms with Gasteiger partial charge in [-0.05, 0) is 30.9 Å². The van der Waals surface area contributed by atoms with Gasteiger partial charge in [0.2, 0.25) is 5.91 Å². The summed E-state index contributed by atoms with van der Waals surface area (Å²) in [6.07, 6.45) is 4.13. The average molecular weight is 278 g/mol. The number of amides is 1. The summed E-state index contributed by atoms with van der Waals surface area (Å²) in [6.45, 7) is 5.73. The third kappa shape index (κ3) is 4.33. The predicted molar refractivity (Wildman–Crippen MR) is 76.1 cm³/mol. The van der Waals surface area contributed by atoms with Crippen LogP contribution in [0.15, 0.2) is 24.5 Å². The van der Waals surface area contributed by atoms with Crippen LogP contribution in [-0.4, -0.2) is 28.5 Å². The number of carboxylic acids is 1. The largest absolute Gasteiger partial charge is 0.481 e. The number of carboxylic acid groups (broad SMARTS) is 1. The highest BCUT2D eigenvalue weighted by Gasteiger charge is 2.38. The van der Waals surface area contributed by atoms with Crippen molar-refractivity contribution in [1.82, 2.24) is 10.3 Å². The second-order valence-corrected chi connectivity index (χ2v) is 5.52. The van der Waals surface area contributed by atoms with Gasteiger partial charge in [-0.25, -0.2) is 0 Å². The summed E-state index contributed by atoms with van der Waals surface area (Å²) in [5.74, 6) is -1.27. The maximum Gasteiger partial charge on any atom is 0.310 e. The molecule has 2 N–H and O–H groups in total. The van der Waals surface area contributed by atoms with E-state index in [-0.39, 0.29) is 18.2 Å². The number of aliphatic carboxylic acids is 1. The molecule has 5 nitrogen and oxygen atoms in total. The van der Waals surface area contributed by atoms with Gasteiger partial charge in [0, 0.05) is 25.4 Å². The van der Waals surface area contributed by atoms with E-state index in [0.717, 1.165) is 5.56 Å². The lowest BCUT2D eigenvalue weighted by molar-refractivity contribution is -0.153. The smallest absolute Gasteiger partial charge is 0.310 e. The molecule has 1 amide bonds. The number of pyridine rings is 1. The molecule has 0 bridgehead atoms. The minimum atomic E-state index is -1.03. The van der Waals surface area contributed by atoms with Gasteiger partial charge in [0.1, 0.15) is 0 Å². The number of nitrogens with one attached hydrogen (secondary N) is 1. The van der Waals surface area contributed by atoms with Gasteiger partial charge in [-0.1, -0.05) is 19.9 Å². The Kier molecular flexibility index (Phi) is 5.67. The van der Waals surface area contributed by atoms with Crippen LogP contribution in [0, 0.1) is 11.3 Å². The molecule has 1 aromatic heterocycles. The summed E-state index contributed by atoms with van der Waals surface area (Å²) in [5, 5.41) is 12.0. The quantitative estimate of drug-likeness (QED) is 0.798. The van der Waals surface area contributed by atoms with E-state index in [1.165, 1.54) is 0 Å². The Morgan fingerprint density at radius 3 is 2.65 bits per heavy atom. The fourth-order valence-corrected chi connectivity index (χ4v) is 1.81.